The molecule has 1 aliphatic rings. The minimum atomic E-state index is -3.78. The number of hydrogen-bond acceptors (Lipinski definition) is 4. The number of rotatable bonds is 5. The molecular weight excluding hydrogens is 391 g/mol. The standard InChI is InChI=1S/C21H23FN4O2S/c1-2-15-7-10-17(11-8-15)29(27,28)25-16-9-12-19(22)18(14-16)21-24-23-20-6-4-3-5-13-26(20)21/h7-12,14,25H,2-6,13H2,1H3. The fourth-order valence-electron chi connectivity index (χ4n) is 3.56. The fourth-order valence-corrected chi connectivity index (χ4v) is 4.61. The van der Waals surface area contributed by atoms with Gasteiger partial charge in [-0.1, -0.05) is 25.5 Å². The molecule has 0 fully saturated rings. The van der Waals surface area contributed by atoms with E-state index >= 15 is 0 Å². The molecule has 0 radical (unpaired) electrons. The number of aryl methyl sites for hydroxylation is 2. The number of sulfonamides is 1. The van der Waals surface area contributed by atoms with Gasteiger partial charge in [0.1, 0.15) is 11.6 Å². The van der Waals surface area contributed by atoms with E-state index in [1.165, 1.54) is 18.2 Å². The average Bonchev–Trinajstić information content (AvgIpc) is 2.97. The molecule has 0 aliphatic carbocycles. The number of nitrogens with zero attached hydrogens (tertiary/aromatic N) is 3. The first-order valence-corrected chi connectivity index (χ1v) is 11.3. The van der Waals surface area contributed by atoms with Crippen LogP contribution in [0.5, 0.6) is 0 Å². The van der Waals surface area contributed by atoms with Crippen molar-refractivity contribution in [3.05, 3.63) is 59.7 Å². The van der Waals surface area contributed by atoms with Gasteiger partial charge in [0.05, 0.1) is 10.5 Å². The molecule has 1 N–H and O–H groups in total. The Bertz CT molecular complexity index is 1120. The van der Waals surface area contributed by atoms with Crippen LogP contribution < -0.4 is 4.72 Å². The maximum absolute atomic E-state index is 14.6. The summed E-state index contributed by atoms with van der Waals surface area (Å²) in [6.07, 6.45) is 4.77. The molecule has 0 unspecified atom stereocenters. The molecule has 152 valence electrons. The monoisotopic (exact) mass is 414 g/mol. The second-order valence-corrected chi connectivity index (χ2v) is 8.88. The Labute approximate surface area is 169 Å². The molecule has 3 aromatic rings. The zero-order valence-electron chi connectivity index (χ0n) is 16.2. The van der Waals surface area contributed by atoms with E-state index in [1.807, 2.05) is 11.5 Å². The molecule has 6 nitrogen and oxygen atoms in total. The second-order valence-electron chi connectivity index (χ2n) is 7.20. The third-order valence-corrected chi connectivity index (χ3v) is 6.61. The van der Waals surface area contributed by atoms with Crippen molar-refractivity contribution < 1.29 is 12.8 Å². The molecule has 0 spiro atoms. The maximum Gasteiger partial charge on any atom is 0.261 e. The van der Waals surface area contributed by atoms with E-state index in [-0.39, 0.29) is 16.1 Å². The van der Waals surface area contributed by atoms with Gasteiger partial charge in [-0.15, -0.1) is 10.2 Å². The largest absolute Gasteiger partial charge is 0.311 e. The topological polar surface area (TPSA) is 76.9 Å². The van der Waals surface area contributed by atoms with Crippen LogP contribution in [0.1, 0.15) is 37.6 Å². The first-order chi connectivity index (χ1) is 14.0. The highest BCUT2D eigenvalue weighted by atomic mass is 32.2. The molecule has 0 amide bonds. The minimum absolute atomic E-state index is 0.164. The predicted octanol–water partition coefficient (Wildman–Crippen LogP) is 4.17. The zero-order valence-corrected chi connectivity index (χ0v) is 17.0. The van der Waals surface area contributed by atoms with E-state index < -0.39 is 15.8 Å². The second kappa shape index (κ2) is 7.94. The van der Waals surface area contributed by atoms with Crippen LogP contribution in [0.2, 0.25) is 0 Å². The maximum atomic E-state index is 14.6. The lowest BCUT2D eigenvalue weighted by molar-refractivity contribution is 0.601. The lowest BCUT2D eigenvalue weighted by atomic mass is 10.1. The van der Waals surface area contributed by atoms with Crippen molar-refractivity contribution in [2.75, 3.05) is 4.72 Å². The summed E-state index contributed by atoms with van der Waals surface area (Å²) in [7, 11) is -3.78. The lowest BCUT2D eigenvalue weighted by Gasteiger charge is -2.12. The first-order valence-electron chi connectivity index (χ1n) is 9.81. The number of halogens is 1. The van der Waals surface area contributed by atoms with Crippen LogP contribution in [0.15, 0.2) is 47.4 Å². The van der Waals surface area contributed by atoms with Crippen LogP contribution in [0.3, 0.4) is 0 Å². The van der Waals surface area contributed by atoms with Gasteiger partial charge in [-0.2, -0.15) is 0 Å². The lowest BCUT2D eigenvalue weighted by Crippen LogP contribution is -2.13. The quantitative estimate of drug-likeness (QED) is 0.680. The van der Waals surface area contributed by atoms with Gasteiger partial charge in [0.15, 0.2) is 5.82 Å². The molecule has 2 heterocycles. The number of benzene rings is 2. The van der Waals surface area contributed by atoms with Gasteiger partial charge in [-0.3, -0.25) is 4.72 Å². The Hall–Kier alpha value is -2.74. The van der Waals surface area contributed by atoms with Crippen LogP contribution >= 0.6 is 0 Å². The van der Waals surface area contributed by atoms with Gasteiger partial charge in [0.25, 0.3) is 10.0 Å². The van der Waals surface area contributed by atoms with E-state index in [0.29, 0.717) is 5.82 Å². The minimum Gasteiger partial charge on any atom is -0.311 e. The molecule has 0 saturated heterocycles. The third kappa shape index (κ3) is 4.03. The molecule has 0 saturated carbocycles. The molecule has 29 heavy (non-hydrogen) atoms. The van der Waals surface area contributed by atoms with Crippen molar-refractivity contribution in [1.82, 2.24) is 14.8 Å². The summed E-state index contributed by atoms with van der Waals surface area (Å²) in [5, 5.41) is 8.39. The molecule has 1 aliphatic heterocycles. The third-order valence-electron chi connectivity index (χ3n) is 5.21. The van der Waals surface area contributed by atoms with Gasteiger partial charge in [0, 0.05) is 18.7 Å². The molecule has 2 aromatic carbocycles. The van der Waals surface area contributed by atoms with E-state index in [9.17, 15) is 12.8 Å². The highest BCUT2D eigenvalue weighted by Gasteiger charge is 2.20. The zero-order chi connectivity index (χ0) is 20.4. The summed E-state index contributed by atoms with van der Waals surface area (Å²) in [5.41, 5.74) is 1.58. The van der Waals surface area contributed by atoms with Gasteiger partial charge in [0.2, 0.25) is 0 Å². The van der Waals surface area contributed by atoms with E-state index in [2.05, 4.69) is 14.9 Å². The fraction of sp³-hybridized carbons (Fsp3) is 0.333. The summed E-state index contributed by atoms with van der Waals surface area (Å²) in [5.74, 6) is 0.825. The van der Waals surface area contributed by atoms with Gasteiger partial charge >= 0.3 is 0 Å². The molecule has 1 aromatic heterocycles. The highest BCUT2D eigenvalue weighted by Crippen LogP contribution is 2.28. The van der Waals surface area contributed by atoms with Crippen LogP contribution in [-0.2, 0) is 29.4 Å². The summed E-state index contributed by atoms with van der Waals surface area (Å²) < 4.78 is 44.5. The Balaban J connectivity index is 1.66. The number of aromatic nitrogens is 3. The number of fused-ring (bicyclic) bond motifs is 1. The van der Waals surface area contributed by atoms with Crippen LogP contribution in [0.4, 0.5) is 10.1 Å². The smallest absolute Gasteiger partial charge is 0.261 e. The Morgan fingerprint density at radius 1 is 1.07 bits per heavy atom. The first kappa shape index (κ1) is 19.6. The van der Waals surface area contributed by atoms with Crippen LogP contribution in [-0.4, -0.2) is 23.2 Å². The van der Waals surface area contributed by atoms with Crippen molar-refractivity contribution >= 4 is 15.7 Å². The summed E-state index contributed by atoms with van der Waals surface area (Å²) in [6, 6.07) is 10.9. The van der Waals surface area contributed by atoms with Gasteiger partial charge < -0.3 is 4.57 Å². The van der Waals surface area contributed by atoms with Crippen molar-refractivity contribution in [3.8, 4) is 11.4 Å². The van der Waals surface area contributed by atoms with E-state index in [0.717, 1.165) is 50.0 Å². The Morgan fingerprint density at radius 2 is 1.86 bits per heavy atom. The van der Waals surface area contributed by atoms with Crippen LogP contribution in [0.25, 0.3) is 11.4 Å². The Morgan fingerprint density at radius 3 is 2.62 bits per heavy atom. The normalized spacial score (nSPS) is 14.3. The van der Waals surface area contributed by atoms with Gasteiger partial charge in [-0.05, 0) is 55.2 Å². The van der Waals surface area contributed by atoms with E-state index in [4.69, 9.17) is 0 Å². The highest BCUT2D eigenvalue weighted by molar-refractivity contribution is 7.92. The molecule has 0 bridgehead atoms. The number of nitrogens with one attached hydrogen (secondary N) is 1. The van der Waals surface area contributed by atoms with Gasteiger partial charge in [-0.25, -0.2) is 12.8 Å². The van der Waals surface area contributed by atoms with Crippen LogP contribution in [0, 0.1) is 5.82 Å². The molecule has 4 rings (SSSR count). The van der Waals surface area contributed by atoms with E-state index in [1.54, 1.807) is 24.3 Å². The average molecular weight is 415 g/mol. The Kier molecular flexibility index (Phi) is 5.36. The molecule has 8 heteroatoms. The van der Waals surface area contributed by atoms with Crippen molar-refractivity contribution in [2.24, 2.45) is 0 Å². The summed E-state index contributed by atoms with van der Waals surface area (Å²) in [6.45, 7) is 2.74. The summed E-state index contributed by atoms with van der Waals surface area (Å²) >= 11 is 0. The SMILES string of the molecule is CCc1ccc(S(=O)(=O)Nc2ccc(F)c(-c3nnc4n3CCCCC4)c2)cc1. The molecular formula is C21H23FN4O2S. The number of anilines is 1. The van der Waals surface area contributed by atoms with Crippen molar-refractivity contribution in [3.63, 3.8) is 0 Å². The predicted molar refractivity (Wildman–Crippen MR) is 110 cm³/mol. The summed E-state index contributed by atoms with van der Waals surface area (Å²) in [4.78, 5) is 0.164. The number of hydrogen-bond donors (Lipinski definition) is 1. The van der Waals surface area contributed by atoms with Crippen molar-refractivity contribution in [2.45, 2.75) is 50.5 Å². The molecule has 0 atom stereocenters. The van der Waals surface area contributed by atoms with Crippen molar-refractivity contribution in [1.29, 1.82) is 0 Å².